The third-order valence-electron chi connectivity index (χ3n) is 4.15. The van der Waals surface area contributed by atoms with Gasteiger partial charge in [0.25, 0.3) is 0 Å². The van der Waals surface area contributed by atoms with E-state index in [1.807, 2.05) is 19.9 Å². The maximum Gasteiger partial charge on any atom is 0.0620 e. The van der Waals surface area contributed by atoms with Crippen LogP contribution in [0.2, 0.25) is 0 Å². The Labute approximate surface area is 122 Å². The van der Waals surface area contributed by atoms with Gasteiger partial charge in [-0.15, -0.1) is 0 Å². The Morgan fingerprint density at radius 2 is 2.10 bits per heavy atom. The fourth-order valence-electron chi connectivity index (χ4n) is 2.70. The highest BCUT2D eigenvalue weighted by atomic mass is 32.2. The number of benzene rings is 1. The lowest BCUT2D eigenvalue weighted by Gasteiger charge is -2.33. The molecule has 0 amide bonds. The predicted octanol–water partition coefficient (Wildman–Crippen LogP) is 2.59. The van der Waals surface area contributed by atoms with Crippen LogP contribution in [0.1, 0.15) is 38.2 Å². The Morgan fingerprint density at radius 3 is 2.65 bits per heavy atom. The van der Waals surface area contributed by atoms with Gasteiger partial charge in [-0.2, -0.15) is 0 Å². The van der Waals surface area contributed by atoms with Gasteiger partial charge < -0.3 is 15.0 Å². The molecule has 112 valence electrons. The minimum absolute atomic E-state index is 0.321. The molecule has 0 aromatic heterocycles. The van der Waals surface area contributed by atoms with Crippen LogP contribution in [0.3, 0.4) is 0 Å². The Bertz CT molecular complexity index is 492. The van der Waals surface area contributed by atoms with Gasteiger partial charge in [0, 0.05) is 17.1 Å². The quantitative estimate of drug-likeness (QED) is 0.838. The molecule has 4 nitrogen and oxygen atoms in total. The highest BCUT2D eigenvalue weighted by molar-refractivity contribution is 7.79. The van der Waals surface area contributed by atoms with Crippen molar-refractivity contribution in [2.24, 2.45) is 5.92 Å². The summed E-state index contributed by atoms with van der Waals surface area (Å²) < 4.78 is 21.8. The molecule has 0 aliphatic heterocycles. The van der Waals surface area contributed by atoms with Crippen molar-refractivity contribution in [2.75, 3.05) is 11.9 Å². The zero-order valence-electron chi connectivity index (χ0n) is 12.0. The number of hydrogen-bond donors (Lipinski definition) is 2. The number of nitrogens with one attached hydrogen (secondary N) is 1. The first-order chi connectivity index (χ1) is 9.37. The molecule has 1 saturated carbocycles. The monoisotopic (exact) mass is 296 g/mol. The van der Waals surface area contributed by atoms with E-state index in [-0.39, 0.29) is 0 Å². The summed E-state index contributed by atoms with van der Waals surface area (Å²) in [5, 5.41) is 13.3. The van der Waals surface area contributed by atoms with Crippen LogP contribution >= 0.6 is 0 Å². The van der Waals surface area contributed by atoms with Crippen molar-refractivity contribution in [2.45, 2.75) is 50.0 Å². The Balaban J connectivity index is 1.90. The second-order valence-electron chi connectivity index (χ2n) is 6.03. The first-order valence-electron chi connectivity index (χ1n) is 7.03. The van der Waals surface area contributed by atoms with E-state index in [4.69, 9.17) is 0 Å². The molecule has 2 N–H and O–H groups in total. The van der Waals surface area contributed by atoms with E-state index in [9.17, 15) is 13.9 Å². The van der Waals surface area contributed by atoms with E-state index >= 15 is 0 Å². The summed E-state index contributed by atoms with van der Waals surface area (Å²) in [7, 11) is 0. The third-order valence-corrected chi connectivity index (χ3v) is 4.79. The molecule has 1 aliphatic carbocycles. The molecule has 1 aromatic carbocycles. The molecule has 5 heteroatoms. The smallest absolute Gasteiger partial charge is 0.0620 e. The number of aliphatic hydroxyl groups is 1. The number of hydrogen-bond acceptors (Lipinski definition) is 4. The molecular formula is C15H22NO3S-. The van der Waals surface area contributed by atoms with Crippen LogP contribution < -0.4 is 5.32 Å². The van der Waals surface area contributed by atoms with E-state index < -0.39 is 16.7 Å². The predicted molar refractivity (Wildman–Crippen MR) is 79.4 cm³/mol. The Morgan fingerprint density at radius 1 is 1.45 bits per heavy atom. The summed E-state index contributed by atoms with van der Waals surface area (Å²) in [5.74, 6) is 0.572. The van der Waals surface area contributed by atoms with Gasteiger partial charge in [0.1, 0.15) is 0 Å². The molecule has 1 aliphatic rings. The molecule has 0 heterocycles. The van der Waals surface area contributed by atoms with Gasteiger partial charge in [0.05, 0.1) is 5.60 Å². The zero-order valence-corrected chi connectivity index (χ0v) is 12.8. The molecule has 1 unspecified atom stereocenters. The van der Waals surface area contributed by atoms with Crippen LogP contribution in [0.4, 0.5) is 5.69 Å². The third kappa shape index (κ3) is 4.04. The van der Waals surface area contributed by atoms with E-state index in [1.54, 1.807) is 12.1 Å². The van der Waals surface area contributed by atoms with Gasteiger partial charge in [0.15, 0.2) is 0 Å². The van der Waals surface area contributed by atoms with Gasteiger partial charge in [-0.1, -0.05) is 0 Å². The minimum atomic E-state index is -2.17. The summed E-state index contributed by atoms with van der Waals surface area (Å²) in [5.41, 5.74) is 1.43. The second kappa shape index (κ2) is 6.24. The van der Waals surface area contributed by atoms with Crippen LogP contribution in [-0.2, 0) is 11.1 Å². The largest absolute Gasteiger partial charge is 0.768 e. The highest BCUT2D eigenvalue weighted by Crippen LogP contribution is 2.32. The van der Waals surface area contributed by atoms with Gasteiger partial charge in [-0.05, 0) is 80.3 Å². The lowest BCUT2D eigenvalue weighted by molar-refractivity contribution is 0.00976. The van der Waals surface area contributed by atoms with Crippen molar-refractivity contribution in [3.05, 3.63) is 23.8 Å². The molecule has 1 atom stereocenters. The number of anilines is 1. The maximum atomic E-state index is 10.9. The summed E-state index contributed by atoms with van der Waals surface area (Å²) in [4.78, 5) is 0.321. The summed E-state index contributed by atoms with van der Waals surface area (Å²) in [6, 6.07) is 5.11. The fourth-order valence-corrected chi connectivity index (χ4v) is 3.15. The van der Waals surface area contributed by atoms with Crippen molar-refractivity contribution >= 4 is 16.8 Å². The molecule has 0 spiro atoms. The van der Waals surface area contributed by atoms with Crippen molar-refractivity contribution in [3.63, 3.8) is 0 Å². The molecule has 0 bridgehead atoms. The maximum absolute atomic E-state index is 10.9. The standard InChI is InChI=1S/C15H23NO3S/c1-11-9-13(20(18)19)3-4-14(11)16-10-12-5-7-15(2,17)8-6-12/h3-4,9,12,16-17H,5-8,10H2,1-2H3,(H,18,19)/p-1. The van der Waals surface area contributed by atoms with Gasteiger partial charge in [0.2, 0.25) is 0 Å². The van der Waals surface area contributed by atoms with Crippen LogP contribution in [0.5, 0.6) is 0 Å². The molecule has 0 saturated heterocycles. The van der Waals surface area contributed by atoms with Crippen molar-refractivity contribution in [1.82, 2.24) is 0 Å². The Hall–Kier alpha value is -0.910. The van der Waals surface area contributed by atoms with Crippen LogP contribution in [-0.4, -0.2) is 26.0 Å². The number of rotatable bonds is 4. The van der Waals surface area contributed by atoms with E-state index in [0.717, 1.165) is 43.5 Å². The van der Waals surface area contributed by atoms with Gasteiger partial charge >= 0.3 is 0 Å². The lowest BCUT2D eigenvalue weighted by Crippen LogP contribution is -2.32. The lowest BCUT2D eigenvalue weighted by atomic mass is 9.80. The van der Waals surface area contributed by atoms with E-state index in [2.05, 4.69) is 5.32 Å². The minimum Gasteiger partial charge on any atom is -0.768 e. The van der Waals surface area contributed by atoms with Crippen LogP contribution in [0.15, 0.2) is 23.1 Å². The normalized spacial score (nSPS) is 28.1. The number of aryl methyl sites for hydroxylation is 1. The summed E-state index contributed by atoms with van der Waals surface area (Å²) in [6.07, 6.45) is 3.77. The molecule has 2 rings (SSSR count). The molecule has 1 aromatic rings. The zero-order chi connectivity index (χ0) is 14.8. The van der Waals surface area contributed by atoms with Crippen LogP contribution in [0, 0.1) is 12.8 Å². The van der Waals surface area contributed by atoms with Crippen molar-refractivity contribution < 1.29 is 13.9 Å². The first kappa shape index (κ1) is 15.5. The van der Waals surface area contributed by atoms with Crippen molar-refractivity contribution in [3.8, 4) is 0 Å². The first-order valence-corrected chi connectivity index (χ1v) is 8.11. The average Bonchev–Trinajstić information content (AvgIpc) is 2.38. The molecule has 0 radical (unpaired) electrons. The highest BCUT2D eigenvalue weighted by Gasteiger charge is 2.28. The van der Waals surface area contributed by atoms with Gasteiger partial charge in [-0.3, -0.25) is 4.21 Å². The van der Waals surface area contributed by atoms with E-state index in [1.165, 1.54) is 0 Å². The van der Waals surface area contributed by atoms with Gasteiger partial charge in [-0.25, -0.2) is 0 Å². The molecular weight excluding hydrogens is 274 g/mol. The summed E-state index contributed by atoms with van der Waals surface area (Å²) in [6.45, 7) is 4.68. The van der Waals surface area contributed by atoms with Crippen molar-refractivity contribution in [1.29, 1.82) is 0 Å². The Kier molecular flexibility index (Phi) is 4.83. The fraction of sp³-hybridized carbons (Fsp3) is 0.600. The summed E-state index contributed by atoms with van der Waals surface area (Å²) >= 11 is -2.17. The SMILES string of the molecule is Cc1cc(S(=O)[O-])ccc1NCC1CCC(C)(O)CC1. The molecule has 20 heavy (non-hydrogen) atoms. The average molecular weight is 296 g/mol. The second-order valence-corrected chi connectivity index (χ2v) is 6.97. The molecule has 1 fully saturated rings. The van der Waals surface area contributed by atoms with Crippen LogP contribution in [0.25, 0.3) is 0 Å². The van der Waals surface area contributed by atoms with E-state index in [0.29, 0.717) is 10.8 Å². The topological polar surface area (TPSA) is 72.4 Å².